The molecule has 2 rings (SSSR count). The largest absolute Gasteiger partial charge is 0.449 e. The fraction of sp³-hybridized carbons (Fsp3) is 0.286. The van der Waals surface area contributed by atoms with Crippen molar-refractivity contribution in [3.8, 4) is 11.1 Å². The van der Waals surface area contributed by atoms with Gasteiger partial charge in [-0.2, -0.15) is 0 Å². The summed E-state index contributed by atoms with van der Waals surface area (Å²) in [7, 11) is -2.59. The van der Waals surface area contributed by atoms with Crippen LogP contribution in [0.25, 0.3) is 11.1 Å². The van der Waals surface area contributed by atoms with Crippen molar-refractivity contribution in [2.75, 3.05) is 17.8 Å². The maximum Gasteiger partial charge on any atom is 0.420 e. The van der Waals surface area contributed by atoms with Crippen LogP contribution in [0.4, 0.5) is 15.0 Å². The lowest BCUT2D eigenvalue weighted by molar-refractivity contribution is 0.158. The second-order valence-electron chi connectivity index (χ2n) is 4.99. The van der Waals surface area contributed by atoms with Gasteiger partial charge in [-0.3, -0.25) is 14.6 Å². The first-order chi connectivity index (χ1) is 11.7. The maximum absolute atomic E-state index is 13.1. The number of nitrogens with zero attached hydrogens (tertiary/aromatic N) is 1. The van der Waals surface area contributed by atoms with Crippen LogP contribution in [-0.2, 0) is 21.8 Å². The van der Waals surface area contributed by atoms with Gasteiger partial charge < -0.3 is 10.1 Å². The monoisotopic (exact) mass is 372 g/mol. The number of hydrogen-bond donors (Lipinski definition) is 3. The topological polar surface area (TPSA) is 122 Å². The molecule has 0 spiro atoms. The number of H-pyrrole nitrogens is 1. The Morgan fingerprint density at radius 1 is 1.32 bits per heavy atom. The van der Waals surface area contributed by atoms with Crippen LogP contribution >= 0.6 is 0 Å². The maximum atomic E-state index is 13.1. The highest BCUT2D eigenvalue weighted by Crippen LogP contribution is 2.23. The highest BCUT2D eigenvalue weighted by Gasteiger charge is 2.19. The predicted octanol–water partition coefficient (Wildman–Crippen LogP) is 0.965. The van der Waals surface area contributed by atoms with Crippen molar-refractivity contribution < 1.29 is 22.3 Å². The molecule has 0 bridgehead atoms. The first-order valence-electron chi connectivity index (χ1n) is 7.19. The van der Waals surface area contributed by atoms with Gasteiger partial charge in [-0.1, -0.05) is 12.1 Å². The Labute approximate surface area is 142 Å². The number of carbonyl (C=O) groups excluding carboxylic acids is 1. The van der Waals surface area contributed by atoms with Gasteiger partial charge >= 0.3 is 6.09 Å². The molecule has 1 amide bonds. The van der Waals surface area contributed by atoms with Crippen molar-refractivity contribution >= 4 is 21.9 Å². The van der Waals surface area contributed by atoms with Crippen LogP contribution in [0.3, 0.4) is 0 Å². The molecule has 0 radical (unpaired) electrons. The quantitative estimate of drug-likeness (QED) is 0.694. The van der Waals surface area contributed by atoms with Gasteiger partial charge in [0.15, 0.2) is 0 Å². The van der Waals surface area contributed by atoms with E-state index in [0.717, 1.165) is 4.68 Å². The lowest BCUT2D eigenvalue weighted by Gasteiger charge is -2.09. The molecule has 1 heterocycles. The Morgan fingerprint density at radius 2 is 1.96 bits per heavy atom. The first-order valence-corrected chi connectivity index (χ1v) is 8.84. The molecule has 0 fully saturated rings. The van der Waals surface area contributed by atoms with Crippen molar-refractivity contribution in [1.82, 2.24) is 14.5 Å². The van der Waals surface area contributed by atoms with Crippen molar-refractivity contribution in [3.63, 3.8) is 0 Å². The van der Waals surface area contributed by atoms with E-state index in [1.807, 2.05) is 0 Å². The number of ether oxygens (including phenoxy) is 1. The number of aromatic nitrogens is 2. The van der Waals surface area contributed by atoms with Crippen molar-refractivity contribution in [3.05, 3.63) is 40.4 Å². The van der Waals surface area contributed by atoms with Gasteiger partial charge in [-0.15, -0.1) is 0 Å². The average Bonchev–Trinajstić information content (AvgIpc) is 2.81. The molecule has 0 saturated carbocycles. The van der Waals surface area contributed by atoms with Gasteiger partial charge in [0.2, 0.25) is 0 Å². The molecular formula is C14H17FN4O5S. The number of amides is 1. The number of aromatic amines is 1. The molecule has 9 nitrogen and oxygen atoms in total. The van der Waals surface area contributed by atoms with Gasteiger partial charge in [0.05, 0.1) is 12.2 Å². The molecule has 0 unspecified atom stereocenters. The van der Waals surface area contributed by atoms with Crippen LogP contribution in [0.5, 0.6) is 0 Å². The van der Waals surface area contributed by atoms with Gasteiger partial charge in [0, 0.05) is 7.05 Å². The number of carbonyl (C=O) groups is 1. The molecule has 11 heteroatoms. The summed E-state index contributed by atoms with van der Waals surface area (Å²) in [6.07, 6.45) is -1.09. The van der Waals surface area contributed by atoms with Crippen molar-refractivity contribution in [2.24, 2.45) is 7.05 Å². The van der Waals surface area contributed by atoms with Crippen LogP contribution in [0, 0.1) is 5.82 Å². The number of sulfonamides is 1. The molecule has 3 N–H and O–H groups in total. The van der Waals surface area contributed by atoms with Crippen LogP contribution in [0.1, 0.15) is 6.92 Å². The molecule has 1 aromatic heterocycles. The average molecular weight is 372 g/mol. The third-order valence-electron chi connectivity index (χ3n) is 3.13. The molecule has 25 heavy (non-hydrogen) atoms. The van der Waals surface area contributed by atoms with Crippen LogP contribution < -0.4 is 15.6 Å². The van der Waals surface area contributed by atoms with E-state index in [1.165, 1.54) is 38.2 Å². The third kappa shape index (κ3) is 4.59. The zero-order valence-corrected chi connectivity index (χ0v) is 14.3. The second kappa shape index (κ2) is 7.38. The number of halogens is 1. The van der Waals surface area contributed by atoms with Gasteiger partial charge in [0.25, 0.3) is 15.6 Å². The third-order valence-corrected chi connectivity index (χ3v) is 4.14. The summed E-state index contributed by atoms with van der Waals surface area (Å²) in [6, 6.07) is 5.17. The first kappa shape index (κ1) is 18.5. The minimum absolute atomic E-state index is 0.0233. The standard InChI is InChI=1S/C14H17FN4O5S/c1-3-24-14(21)18-25(22,23)8-16-12-11(13(20)19(2)17-12)9-4-6-10(15)7-5-9/h4-7,16-17H,3,8H2,1-2H3,(H,18,21). The van der Waals surface area contributed by atoms with E-state index in [-0.39, 0.29) is 18.0 Å². The zero-order valence-electron chi connectivity index (χ0n) is 13.5. The molecule has 0 aliphatic rings. The van der Waals surface area contributed by atoms with Crippen LogP contribution in [-0.4, -0.2) is 36.8 Å². The van der Waals surface area contributed by atoms with Gasteiger partial charge in [-0.25, -0.2) is 22.3 Å². The van der Waals surface area contributed by atoms with E-state index in [0.29, 0.717) is 5.56 Å². The fourth-order valence-electron chi connectivity index (χ4n) is 2.05. The zero-order chi connectivity index (χ0) is 18.6. The molecule has 1 aromatic carbocycles. The Hall–Kier alpha value is -2.82. The number of nitrogens with one attached hydrogen (secondary N) is 3. The number of anilines is 1. The van der Waals surface area contributed by atoms with E-state index in [2.05, 4.69) is 15.2 Å². The Bertz CT molecular complexity index is 918. The Morgan fingerprint density at radius 3 is 2.56 bits per heavy atom. The van der Waals surface area contributed by atoms with E-state index in [1.54, 1.807) is 4.72 Å². The lowest BCUT2D eigenvalue weighted by atomic mass is 10.1. The summed E-state index contributed by atoms with van der Waals surface area (Å²) < 4.78 is 44.1. The highest BCUT2D eigenvalue weighted by atomic mass is 32.2. The van der Waals surface area contributed by atoms with Crippen molar-refractivity contribution in [2.45, 2.75) is 6.92 Å². The molecule has 0 aliphatic heterocycles. The molecule has 0 saturated heterocycles. The Kier molecular flexibility index (Phi) is 5.47. The summed E-state index contributed by atoms with van der Waals surface area (Å²) in [5, 5.41) is 5.22. The van der Waals surface area contributed by atoms with Gasteiger partial charge in [-0.05, 0) is 24.6 Å². The summed E-state index contributed by atoms with van der Waals surface area (Å²) in [4.78, 5) is 23.4. The van der Waals surface area contributed by atoms with Crippen molar-refractivity contribution in [1.29, 1.82) is 0 Å². The molecule has 0 aliphatic carbocycles. The molecule has 2 aromatic rings. The smallest absolute Gasteiger partial charge is 0.420 e. The van der Waals surface area contributed by atoms with E-state index < -0.39 is 33.4 Å². The minimum atomic E-state index is -4.04. The highest BCUT2D eigenvalue weighted by molar-refractivity contribution is 7.90. The SMILES string of the molecule is CCOC(=O)NS(=O)(=O)CNc1[nH]n(C)c(=O)c1-c1ccc(F)cc1. The lowest BCUT2D eigenvalue weighted by Crippen LogP contribution is -2.35. The summed E-state index contributed by atoms with van der Waals surface area (Å²) in [5.41, 5.74) is 0.125. The normalized spacial score (nSPS) is 11.2. The number of hydrogen-bond acceptors (Lipinski definition) is 6. The summed E-state index contributed by atoms with van der Waals surface area (Å²) in [6.45, 7) is 1.56. The van der Waals surface area contributed by atoms with E-state index in [9.17, 15) is 22.4 Å². The molecular weight excluding hydrogens is 355 g/mol. The Balaban J connectivity index is 2.23. The molecule has 0 atom stereocenters. The van der Waals surface area contributed by atoms with Gasteiger partial charge in [0.1, 0.15) is 17.5 Å². The predicted molar refractivity (Wildman–Crippen MR) is 89.0 cm³/mol. The molecule has 136 valence electrons. The minimum Gasteiger partial charge on any atom is -0.449 e. The number of rotatable bonds is 6. The van der Waals surface area contributed by atoms with E-state index in [4.69, 9.17) is 0 Å². The number of aryl methyl sites for hydroxylation is 1. The van der Waals surface area contributed by atoms with E-state index >= 15 is 0 Å². The fourth-order valence-corrected chi connectivity index (χ4v) is 2.77. The van der Waals surface area contributed by atoms with Crippen LogP contribution in [0.2, 0.25) is 0 Å². The number of benzene rings is 1. The summed E-state index contributed by atoms with van der Waals surface area (Å²) in [5.74, 6) is -1.03. The summed E-state index contributed by atoms with van der Waals surface area (Å²) >= 11 is 0. The van der Waals surface area contributed by atoms with Crippen LogP contribution in [0.15, 0.2) is 29.1 Å². The second-order valence-corrected chi connectivity index (χ2v) is 6.71.